The van der Waals surface area contributed by atoms with Crippen LogP contribution in [0.15, 0.2) is 24.3 Å². The number of carbonyl (C=O) groups excluding carboxylic acids is 1. The quantitative estimate of drug-likeness (QED) is 0.857. The minimum atomic E-state index is -0.274. The van der Waals surface area contributed by atoms with Gasteiger partial charge in [0.15, 0.2) is 5.82 Å². The summed E-state index contributed by atoms with van der Waals surface area (Å²) in [5.74, 6) is 1.99. The highest BCUT2D eigenvalue weighted by atomic mass is 19.1. The number of hydrogen-bond acceptors (Lipinski definition) is 3. The summed E-state index contributed by atoms with van der Waals surface area (Å²) in [6.07, 6.45) is 2.71. The molecule has 0 spiro atoms. The van der Waals surface area contributed by atoms with Crippen LogP contribution in [0.25, 0.3) is 11.4 Å². The van der Waals surface area contributed by atoms with E-state index in [9.17, 15) is 9.18 Å². The van der Waals surface area contributed by atoms with Crippen molar-refractivity contribution in [2.75, 3.05) is 19.6 Å². The first kappa shape index (κ1) is 18.4. The van der Waals surface area contributed by atoms with Gasteiger partial charge in [-0.05, 0) is 49.4 Å². The zero-order chi connectivity index (χ0) is 18.5. The van der Waals surface area contributed by atoms with Crippen LogP contribution in [0.3, 0.4) is 0 Å². The van der Waals surface area contributed by atoms with E-state index in [0.717, 1.165) is 37.2 Å². The van der Waals surface area contributed by atoms with Gasteiger partial charge in [0.05, 0.1) is 0 Å². The highest BCUT2D eigenvalue weighted by Gasteiger charge is 2.26. The Bertz CT molecular complexity index is 720. The molecule has 0 saturated carbocycles. The highest BCUT2D eigenvalue weighted by molar-refractivity contribution is 5.74. The molecule has 1 fully saturated rings. The van der Waals surface area contributed by atoms with Gasteiger partial charge in [-0.1, -0.05) is 13.8 Å². The predicted octanol–water partition coefficient (Wildman–Crippen LogP) is 3.55. The first-order chi connectivity index (χ1) is 12.5. The molecule has 0 bridgehead atoms. The molecule has 2 aromatic rings. The molecule has 2 N–H and O–H groups in total. The Morgan fingerprint density at radius 3 is 2.65 bits per heavy atom. The Hall–Kier alpha value is -2.44. The number of aromatic nitrogens is 3. The normalized spacial score (nSPS) is 15.5. The van der Waals surface area contributed by atoms with Crippen LogP contribution >= 0.6 is 0 Å². The molecule has 1 saturated heterocycles. The molecule has 1 aromatic heterocycles. The number of halogens is 1. The fourth-order valence-corrected chi connectivity index (χ4v) is 3.12. The Balaban J connectivity index is 1.52. The Kier molecular flexibility index (Phi) is 5.85. The lowest BCUT2D eigenvalue weighted by atomic mass is 9.96. The number of likely N-dealkylation sites (tertiary alicyclic amines) is 1. The van der Waals surface area contributed by atoms with Gasteiger partial charge in [-0.15, -0.1) is 0 Å². The van der Waals surface area contributed by atoms with Crippen molar-refractivity contribution in [1.29, 1.82) is 0 Å². The van der Waals surface area contributed by atoms with Gasteiger partial charge >= 0.3 is 6.03 Å². The summed E-state index contributed by atoms with van der Waals surface area (Å²) >= 11 is 0. The largest absolute Gasteiger partial charge is 0.338 e. The van der Waals surface area contributed by atoms with Crippen LogP contribution in [0.4, 0.5) is 9.18 Å². The van der Waals surface area contributed by atoms with E-state index < -0.39 is 0 Å². The second-order valence-corrected chi connectivity index (χ2v) is 7.23. The third-order valence-electron chi connectivity index (χ3n) is 4.77. The lowest BCUT2D eigenvalue weighted by Crippen LogP contribution is -2.44. The first-order valence-electron chi connectivity index (χ1n) is 9.24. The molecule has 0 atom stereocenters. The molecular weight excluding hydrogens is 333 g/mol. The SMILES string of the molecule is CC(C)CCNC(=O)N1CCC(c2nc(-c3ccc(F)cc3)n[nH]2)CC1. The lowest BCUT2D eigenvalue weighted by molar-refractivity contribution is 0.180. The number of amides is 2. The molecule has 2 heterocycles. The minimum absolute atomic E-state index is 0.0219. The van der Waals surface area contributed by atoms with Crippen LogP contribution in [-0.2, 0) is 0 Å². The number of H-pyrrole nitrogens is 1. The Morgan fingerprint density at radius 1 is 1.31 bits per heavy atom. The number of urea groups is 1. The zero-order valence-electron chi connectivity index (χ0n) is 15.3. The van der Waals surface area contributed by atoms with Crippen LogP contribution in [0, 0.1) is 11.7 Å². The maximum absolute atomic E-state index is 13.0. The summed E-state index contributed by atoms with van der Waals surface area (Å²) in [5, 5.41) is 10.2. The topological polar surface area (TPSA) is 73.9 Å². The number of nitrogens with one attached hydrogen (secondary N) is 2. The van der Waals surface area contributed by atoms with E-state index in [1.54, 1.807) is 12.1 Å². The van der Waals surface area contributed by atoms with Crippen LogP contribution in [0.2, 0.25) is 0 Å². The van der Waals surface area contributed by atoms with Crippen molar-refractivity contribution in [1.82, 2.24) is 25.4 Å². The molecule has 1 aliphatic rings. The van der Waals surface area contributed by atoms with Crippen LogP contribution in [0.1, 0.15) is 44.9 Å². The summed E-state index contributed by atoms with van der Waals surface area (Å²) in [4.78, 5) is 18.6. The zero-order valence-corrected chi connectivity index (χ0v) is 15.3. The van der Waals surface area contributed by atoms with Gasteiger partial charge in [0.2, 0.25) is 0 Å². The summed E-state index contributed by atoms with van der Waals surface area (Å²) < 4.78 is 13.0. The number of nitrogens with zero attached hydrogens (tertiary/aromatic N) is 3. The number of piperidine rings is 1. The molecule has 140 valence electrons. The molecule has 1 aliphatic heterocycles. The number of benzene rings is 1. The molecule has 0 aliphatic carbocycles. The number of aromatic amines is 1. The van der Waals surface area contributed by atoms with Gasteiger partial charge < -0.3 is 10.2 Å². The lowest BCUT2D eigenvalue weighted by Gasteiger charge is -2.31. The van der Waals surface area contributed by atoms with Gasteiger partial charge in [0.1, 0.15) is 11.6 Å². The summed E-state index contributed by atoms with van der Waals surface area (Å²) in [6, 6.07) is 6.18. The van der Waals surface area contributed by atoms with Crippen molar-refractivity contribution in [3.8, 4) is 11.4 Å². The average Bonchev–Trinajstić information content (AvgIpc) is 3.12. The molecule has 26 heavy (non-hydrogen) atoms. The smallest absolute Gasteiger partial charge is 0.317 e. The molecule has 0 radical (unpaired) electrons. The minimum Gasteiger partial charge on any atom is -0.338 e. The fraction of sp³-hybridized carbons (Fsp3) is 0.526. The standard InChI is InChI=1S/C19H26FN5O/c1-13(2)7-10-21-19(26)25-11-8-15(9-12-25)18-22-17(23-24-18)14-3-5-16(20)6-4-14/h3-6,13,15H,7-12H2,1-2H3,(H,21,26)(H,22,23,24). The van der Waals surface area contributed by atoms with E-state index in [0.29, 0.717) is 24.8 Å². The first-order valence-corrected chi connectivity index (χ1v) is 9.24. The average molecular weight is 359 g/mol. The van der Waals surface area contributed by atoms with Crippen molar-refractivity contribution >= 4 is 6.03 Å². The second-order valence-electron chi connectivity index (χ2n) is 7.23. The molecule has 7 heteroatoms. The molecule has 1 aromatic carbocycles. The Morgan fingerprint density at radius 2 is 2.00 bits per heavy atom. The van der Waals surface area contributed by atoms with Crippen LogP contribution in [0.5, 0.6) is 0 Å². The van der Waals surface area contributed by atoms with Gasteiger partial charge in [-0.25, -0.2) is 14.2 Å². The van der Waals surface area contributed by atoms with Crippen LogP contribution in [-0.4, -0.2) is 45.7 Å². The van der Waals surface area contributed by atoms with E-state index in [-0.39, 0.29) is 17.8 Å². The van der Waals surface area contributed by atoms with Gasteiger partial charge in [0.25, 0.3) is 0 Å². The van der Waals surface area contributed by atoms with Crippen molar-refractivity contribution in [2.45, 2.75) is 39.0 Å². The molecule has 3 rings (SSSR count). The van der Waals surface area contributed by atoms with Gasteiger partial charge in [0, 0.05) is 31.1 Å². The van der Waals surface area contributed by atoms with Crippen molar-refractivity contribution in [2.24, 2.45) is 5.92 Å². The molecule has 6 nitrogen and oxygen atoms in total. The summed E-state index contributed by atoms with van der Waals surface area (Å²) in [5.41, 5.74) is 0.788. The van der Waals surface area contributed by atoms with E-state index in [4.69, 9.17) is 0 Å². The van der Waals surface area contributed by atoms with E-state index >= 15 is 0 Å². The van der Waals surface area contributed by atoms with Crippen molar-refractivity contribution in [3.05, 3.63) is 35.9 Å². The predicted molar refractivity (Wildman–Crippen MR) is 98.2 cm³/mol. The van der Waals surface area contributed by atoms with Crippen molar-refractivity contribution < 1.29 is 9.18 Å². The Labute approximate surface area is 153 Å². The third-order valence-corrected chi connectivity index (χ3v) is 4.77. The summed E-state index contributed by atoms with van der Waals surface area (Å²) in [7, 11) is 0. The van der Waals surface area contributed by atoms with Crippen LogP contribution < -0.4 is 5.32 Å². The molecular formula is C19H26FN5O. The van der Waals surface area contributed by atoms with E-state index in [1.165, 1.54) is 12.1 Å². The summed E-state index contributed by atoms with van der Waals surface area (Å²) in [6.45, 7) is 6.44. The van der Waals surface area contributed by atoms with Gasteiger partial charge in [-0.3, -0.25) is 5.10 Å². The number of rotatable bonds is 5. The van der Waals surface area contributed by atoms with Gasteiger partial charge in [-0.2, -0.15) is 5.10 Å². The maximum Gasteiger partial charge on any atom is 0.317 e. The van der Waals surface area contributed by atoms with E-state index in [1.807, 2.05) is 4.90 Å². The number of carbonyl (C=O) groups is 1. The maximum atomic E-state index is 13.0. The van der Waals surface area contributed by atoms with E-state index in [2.05, 4.69) is 34.3 Å². The van der Waals surface area contributed by atoms with Crippen molar-refractivity contribution in [3.63, 3.8) is 0 Å². The highest BCUT2D eigenvalue weighted by Crippen LogP contribution is 2.27. The fourth-order valence-electron chi connectivity index (χ4n) is 3.12. The monoisotopic (exact) mass is 359 g/mol. The molecule has 2 amide bonds. The number of hydrogen-bond donors (Lipinski definition) is 2. The second kappa shape index (κ2) is 8.29. The third kappa shape index (κ3) is 4.59. The molecule has 0 unspecified atom stereocenters.